The van der Waals surface area contributed by atoms with Crippen LogP contribution in [0.1, 0.15) is 151 Å². The van der Waals surface area contributed by atoms with Crippen molar-refractivity contribution in [3.8, 4) is 11.5 Å². The Morgan fingerprint density at radius 1 is 0.543 bits per heavy atom. The van der Waals surface area contributed by atoms with E-state index in [1.807, 2.05) is 143 Å². The van der Waals surface area contributed by atoms with E-state index in [0.29, 0.717) is 100.0 Å². The van der Waals surface area contributed by atoms with Gasteiger partial charge in [-0.05, 0) is 237 Å². The summed E-state index contributed by atoms with van der Waals surface area (Å²) in [7, 11) is 0. The number of para-hydroxylation sites is 1. The van der Waals surface area contributed by atoms with Crippen molar-refractivity contribution in [2.24, 2.45) is 5.92 Å². The Balaban J connectivity index is 0.000000128. The summed E-state index contributed by atoms with van der Waals surface area (Å²) in [6, 6.07) is 53.6. The molecule has 8 aromatic carbocycles. The molecule has 0 radical (unpaired) electrons. The minimum Gasteiger partial charge on any atom is -0.493 e. The van der Waals surface area contributed by atoms with Crippen LogP contribution < -0.4 is 41.8 Å². The Morgan fingerprint density at radius 2 is 1.13 bits per heavy atom. The first-order valence-corrected chi connectivity index (χ1v) is 40.3. The van der Waals surface area contributed by atoms with Crippen LogP contribution in [0.25, 0.3) is 0 Å². The third-order valence-electron chi connectivity index (χ3n) is 20.8. The maximum Gasteiger partial charge on any atom is 0.258 e. The molecule has 1 aliphatic carbocycles. The summed E-state index contributed by atoms with van der Waals surface area (Å²) in [6.45, 7) is 15.0. The summed E-state index contributed by atoms with van der Waals surface area (Å²) in [5.41, 5.74) is 26.4. The quantitative estimate of drug-likeness (QED) is 0.0245. The first kappa shape index (κ1) is 81.3. The fourth-order valence-electron chi connectivity index (χ4n) is 14.2. The largest absolute Gasteiger partial charge is 0.493 e. The lowest BCUT2D eigenvalue weighted by atomic mass is 9.96. The second-order valence-corrected chi connectivity index (χ2v) is 31.3. The van der Waals surface area contributed by atoms with Gasteiger partial charge in [0.25, 0.3) is 11.8 Å². The van der Waals surface area contributed by atoms with Gasteiger partial charge >= 0.3 is 0 Å². The van der Waals surface area contributed by atoms with Crippen LogP contribution in [0.2, 0.25) is 20.1 Å². The normalized spacial score (nSPS) is 13.8. The van der Waals surface area contributed by atoms with Crippen LogP contribution in [0, 0.1) is 19.8 Å². The molecule has 8 N–H and O–H groups in total. The summed E-state index contributed by atoms with van der Waals surface area (Å²) in [6.07, 6.45) is 10.1. The number of carbonyl (C=O) groups excluding carboxylic acids is 5. The lowest BCUT2D eigenvalue weighted by Crippen LogP contribution is -2.34. The summed E-state index contributed by atoms with van der Waals surface area (Å²) in [4.78, 5) is 68.4. The number of Topliss-reactive ketones (excluding diaryl/α,β-unsaturated/α-hetero) is 2. The number of ether oxygens (including phenoxy) is 2. The number of nitrogen functional groups attached to an aromatic ring is 1. The van der Waals surface area contributed by atoms with Gasteiger partial charge in [0, 0.05) is 95.8 Å². The predicted molar refractivity (Wildman–Crippen MR) is 451 cm³/mol. The average Bonchev–Trinajstić information content (AvgIpc) is 0.925. The number of fused-ring (bicyclic) bond motifs is 4. The number of aromatic amines is 1. The van der Waals surface area contributed by atoms with E-state index in [2.05, 4.69) is 76.2 Å². The zero-order valence-corrected chi connectivity index (χ0v) is 67.7. The zero-order chi connectivity index (χ0) is 80.8. The fraction of sp³-hybridized carbons (Fsp3) is 0.281. The lowest BCUT2D eigenvalue weighted by molar-refractivity contribution is -0.129. The Labute approximate surface area is 693 Å². The fourth-order valence-corrected chi connectivity index (χ4v) is 14.9. The number of anilines is 3. The Morgan fingerprint density at radius 3 is 1.74 bits per heavy atom. The van der Waals surface area contributed by atoms with Gasteiger partial charge in [0.2, 0.25) is 11.9 Å². The molecule has 3 amide bonds. The molecule has 23 nitrogen and oxygen atoms in total. The maximum absolute atomic E-state index is 12.9. The number of amides is 3. The molecule has 4 aromatic heterocycles. The average molecular weight is 1640 g/mol. The minimum absolute atomic E-state index is 0.0698. The molecule has 0 atom stereocenters. The molecular weight excluding hydrogens is 1550 g/mol. The lowest BCUT2D eigenvalue weighted by Gasteiger charge is -2.28. The second-order valence-electron chi connectivity index (χ2n) is 29.6. The highest BCUT2D eigenvalue weighted by Crippen LogP contribution is 2.33. The molecule has 12 aromatic rings. The van der Waals surface area contributed by atoms with Crippen LogP contribution in [0.15, 0.2) is 182 Å². The molecule has 0 unspecified atom stereocenters. The molecule has 1 fully saturated rings. The van der Waals surface area contributed by atoms with Crippen molar-refractivity contribution in [1.82, 2.24) is 65.4 Å². The monoisotopic (exact) mass is 1630 g/mol. The highest BCUT2D eigenvalue weighted by molar-refractivity contribution is 6.42. The van der Waals surface area contributed by atoms with Gasteiger partial charge < -0.3 is 41.4 Å². The first-order valence-electron chi connectivity index (χ1n) is 38.8. The van der Waals surface area contributed by atoms with Gasteiger partial charge in [-0.25, -0.2) is 0 Å². The summed E-state index contributed by atoms with van der Waals surface area (Å²) < 4.78 is 17.2. The number of halogens is 4. The number of nitrogens with two attached hydrogens (primary N) is 1. The molecular formula is C89H90Cl4N16O7. The Kier molecular flexibility index (Phi) is 26.6. The first-order chi connectivity index (χ1) is 56.2. The smallest absolute Gasteiger partial charge is 0.258 e. The number of benzene rings is 8. The highest BCUT2D eigenvalue weighted by Gasteiger charge is 2.25. The van der Waals surface area contributed by atoms with Gasteiger partial charge in [-0.15, -0.1) is 5.10 Å². The van der Waals surface area contributed by atoms with Crippen molar-refractivity contribution in [2.45, 2.75) is 125 Å². The van der Waals surface area contributed by atoms with E-state index in [9.17, 15) is 24.0 Å². The van der Waals surface area contributed by atoms with Gasteiger partial charge in [0.15, 0.2) is 17.4 Å². The minimum atomic E-state index is -0.242. The van der Waals surface area contributed by atoms with E-state index < -0.39 is 0 Å². The Hall–Kier alpha value is -11.3. The van der Waals surface area contributed by atoms with E-state index in [4.69, 9.17) is 66.7 Å². The predicted octanol–water partition coefficient (Wildman–Crippen LogP) is 15.0. The number of nitrogens with zero attached hydrogens (tertiary/aromatic N) is 9. The van der Waals surface area contributed by atoms with Crippen LogP contribution in [0.4, 0.5) is 17.3 Å². The third-order valence-corrected chi connectivity index (χ3v) is 22.1. The van der Waals surface area contributed by atoms with E-state index in [0.717, 1.165) is 145 Å². The third kappa shape index (κ3) is 21.8. The molecule has 4 aliphatic heterocycles. The van der Waals surface area contributed by atoms with Gasteiger partial charge in [-0.2, -0.15) is 20.3 Å². The number of hydrogen-bond donors (Lipinski definition) is 7. The van der Waals surface area contributed by atoms with Gasteiger partial charge in [0.1, 0.15) is 18.1 Å². The van der Waals surface area contributed by atoms with E-state index in [1.165, 1.54) is 46.2 Å². The molecule has 0 saturated heterocycles. The van der Waals surface area contributed by atoms with Crippen LogP contribution in [-0.4, -0.2) is 111 Å². The molecule has 27 heteroatoms. The van der Waals surface area contributed by atoms with Crippen molar-refractivity contribution in [2.75, 3.05) is 49.2 Å². The van der Waals surface area contributed by atoms with Gasteiger partial charge in [-0.3, -0.25) is 48.4 Å². The van der Waals surface area contributed by atoms with Crippen molar-refractivity contribution in [3.63, 3.8) is 0 Å². The highest BCUT2D eigenvalue weighted by atomic mass is 35.5. The van der Waals surface area contributed by atoms with Gasteiger partial charge in [0.05, 0.1) is 77.4 Å². The molecule has 0 bridgehead atoms. The molecule has 0 spiro atoms. The van der Waals surface area contributed by atoms with Crippen molar-refractivity contribution in [3.05, 3.63) is 314 Å². The molecule has 17 rings (SSSR count). The maximum atomic E-state index is 12.9. The van der Waals surface area contributed by atoms with Crippen LogP contribution in [0.5, 0.6) is 11.5 Å². The van der Waals surface area contributed by atoms with Crippen LogP contribution in [-0.2, 0) is 95.7 Å². The van der Waals surface area contributed by atoms with E-state index >= 15 is 0 Å². The second kappa shape index (κ2) is 38.0. The zero-order valence-electron chi connectivity index (χ0n) is 64.7. The number of carbonyl (C=O) groups is 5. The number of ketones is 2. The van der Waals surface area contributed by atoms with Gasteiger partial charge in [-0.1, -0.05) is 113 Å². The summed E-state index contributed by atoms with van der Waals surface area (Å²) in [5.74, 6) is 2.65. The molecule has 1 saturated carbocycles. The Bertz CT molecular complexity index is 5590. The van der Waals surface area contributed by atoms with Crippen LogP contribution in [0.3, 0.4) is 0 Å². The standard InChI is InChI=1S/C26H28ClN3O2.C22H20Cl2N4O2.C22H24N4O.C19H18ClN5O2/c1-17-10-24(13-25(31)20-4-5-21-14-28-9-8-19(21)11-20)29-30(17)15-22-12-23(27)6-7-26(22)32-16-18-2-3-18;1-14(29)27-7-6-16-9-17(3-4-18(16)12-27)22(30)26-19-10-25-28(13-19)11-15-2-5-20(23)21(24)8-15;1-15-9-21(25-26(15)14-16-3-2-4-20(23)10-16)12-22(27)18-5-6-19-13-24-8-7-17(19)11-18;20-15-3-1-2-4-16(15)27-11-17-22-19(25-24-17)23-18(26)13-5-6-14-10-21-8-7-12(14)9-13/h4-7,10-12,18,28H,2-3,8-9,13-16H2,1H3;2-5,8-10,13H,6-7,11-12H2,1H3,(H,26,30);2-6,9-11,24H,7-8,12-14,23H2,1H3;1-6,9,21H,7-8,10-11H2,(H2,22,23,24,25,26). The van der Waals surface area contributed by atoms with Crippen molar-refractivity contribution in [1.29, 1.82) is 0 Å². The van der Waals surface area contributed by atoms with E-state index in [-0.39, 0.29) is 41.8 Å². The molecule has 116 heavy (non-hydrogen) atoms. The number of nitrogens with one attached hydrogen (secondary N) is 6. The summed E-state index contributed by atoms with van der Waals surface area (Å²) in [5, 5.41) is 38.2. The topological polar surface area (TPSA) is 288 Å². The summed E-state index contributed by atoms with van der Waals surface area (Å²) >= 11 is 24.3. The molecule has 8 heterocycles. The number of hydrogen-bond acceptors (Lipinski definition) is 16. The number of H-pyrrole nitrogens is 1. The SMILES string of the molecule is CC(=O)N1CCc2cc(C(=O)Nc3cnn(Cc4ccc(Cl)c(Cl)c4)c3)ccc2C1.Cc1cc(CC(=O)c2ccc3c(c2)CCNC3)nn1Cc1cc(Cl)ccc1OCC1CC1.Cc1cc(CC(=O)c2ccc3c(c2)CCNC3)nn1Cc1cccc(N)c1.O=C(Nc1n[nH]c(COc2ccccc2Cl)n1)c1ccc2c(c1)CCNC2. The van der Waals surface area contributed by atoms with Crippen LogP contribution >= 0.6 is 46.4 Å². The van der Waals surface area contributed by atoms with Crippen molar-refractivity contribution < 1.29 is 33.4 Å². The number of aromatic nitrogens is 9. The van der Waals surface area contributed by atoms with Crippen molar-refractivity contribution >= 4 is 93.0 Å². The molecule has 596 valence electrons. The number of rotatable bonds is 22. The molecule has 5 aliphatic rings. The van der Waals surface area contributed by atoms with E-state index in [1.54, 1.807) is 54.3 Å². The number of aryl methyl sites for hydroxylation is 2.